The van der Waals surface area contributed by atoms with E-state index in [1.54, 1.807) is 24.3 Å². The first-order valence-corrected chi connectivity index (χ1v) is 10.8. The summed E-state index contributed by atoms with van der Waals surface area (Å²) in [6.07, 6.45) is 16.0. The summed E-state index contributed by atoms with van der Waals surface area (Å²) in [6.45, 7) is 0. The zero-order chi connectivity index (χ0) is 19.1. The van der Waals surface area contributed by atoms with Gasteiger partial charge in [-0.1, -0.05) is 94.9 Å². The van der Waals surface area contributed by atoms with E-state index < -0.39 is 11.6 Å². The number of hydrogen-bond acceptors (Lipinski definition) is 3. The fourth-order valence-electron chi connectivity index (χ4n) is 4.57. The number of rotatable bonds is 9. The summed E-state index contributed by atoms with van der Waals surface area (Å²) in [5.41, 5.74) is 1.12. The SMILES string of the molecule is O=C1C(=O)c2ccccc2C(O)=C1CCCCCCCCC1CCCCC1. The monoisotopic (exact) mass is 368 g/mol. The van der Waals surface area contributed by atoms with E-state index in [9.17, 15) is 14.7 Å². The fourth-order valence-corrected chi connectivity index (χ4v) is 4.57. The molecule has 0 heterocycles. The van der Waals surface area contributed by atoms with Crippen LogP contribution < -0.4 is 0 Å². The normalized spacial score (nSPS) is 18.1. The van der Waals surface area contributed by atoms with E-state index in [-0.39, 0.29) is 5.76 Å². The molecular weight excluding hydrogens is 336 g/mol. The van der Waals surface area contributed by atoms with Gasteiger partial charge in [0.15, 0.2) is 0 Å². The lowest BCUT2D eigenvalue weighted by molar-refractivity contribution is -0.112. The van der Waals surface area contributed by atoms with Gasteiger partial charge in [-0.05, 0) is 18.8 Å². The molecule has 0 radical (unpaired) electrons. The molecule has 1 aromatic carbocycles. The van der Waals surface area contributed by atoms with Gasteiger partial charge in [-0.3, -0.25) is 9.59 Å². The molecule has 2 aliphatic rings. The second kappa shape index (κ2) is 9.87. The Labute approximate surface area is 162 Å². The Hall–Kier alpha value is -1.90. The van der Waals surface area contributed by atoms with Gasteiger partial charge in [0.05, 0.1) is 0 Å². The number of aliphatic hydroxyl groups excluding tert-OH is 1. The fraction of sp³-hybridized carbons (Fsp3) is 0.583. The molecule has 3 heteroatoms. The van der Waals surface area contributed by atoms with Crippen LogP contribution in [0, 0.1) is 5.92 Å². The Morgan fingerprint density at radius 1 is 0.778 bits per heavy atom. The van der Waals surface area contributed by atoms with Crippen LogP contribution in [0.5, 0.6) is 0 Å². The summed E-state index contributed by atoms with van der Waals surface area (Å²) in [6, 6.07) is 6.82. The molecule has 0 atom stereocenters. The van der Waals surface area contributed by atoms with Crippen molar-refractivity contribution in [3.05, 3.63) is 41.0 Å². The van der Waals surface area contributed by atoms with Crippen LogP contribution in [0.15, 0.2) is 29.8 Å². The quantitative estimate of drug-likeness (QED) is 0.404. The molecule has 0 saturated heterocycles. The molecule has 3 rings (SSSR count). The first-order chi connectivity index (χ1) is 13.2. The summed E-state index contributed by atoms with van der Waals surface area (Å²) in [4.78, 5) is 24.5. The van der Waals surface area contributed by atoms with E-state index in [1.165, 1.54) is 57.8 Å². The molecule has 0 aliphatic heterocycles. The Kier molecular flexibility index (Phi) is 7.25. The number of allylic oxidation sites excluding steroid dienone is 1. The lowest BCUT2D eigenvalue weighted by atomic mass is 9.85. The number of benzene rings is 1. The van der Waals surface area contributed by atoms with Crippen molar-refractivity contribution in [2.24, 2.45) is 5.92 Å². The molecule has 0 spiro atoms. The molecule has 0 aromatic heterocycles. The molecule has 1 fully saturated rings. The summed E-state index contributed by atoms with van der Waals surface area (Å²) < 4.78 is 0. The predicted molar refractivity (Wildman–Crippen MR) is 109 cm³/mol. The van der Waals surface area contributed by atoms with Gasteiger partial charge in [0.2, 0.25) is 11.6 Å². The minimum Gasteiger partial charge on any atom is -0.507 e. The largest absolute Gasteiger partial charge is 0.507 e. The smallest absolute Gasteiger partial charge is 0.234 e. The Morgan fingerprint density at radius 3 is 2.15 bits per heavy atom. The zero-order valence-corrected chi connectivity index (χ0v) is 16.3. The lowest BCUT2D eigenvalue weighted by Gasteiger charge is -2.21. The molecule has 0 amide bonds. The maximum Gasteiger partial charge on any atom is 0.234 e. The number of unbranched alkanes of at least 4 members (excludes halogenated alkanes) is 5. The number of fused-ring (bicyclic) bond motifs is 1. The van der Waals surface area contributed by atoms with Crippen LogP contribution in [0.2, 0.25) is 0 Å². The maximum absolute atomic E-state index is 12.3. The van der Waals surface area contributed by atoms with Crippen molar-refractivity contribution in [3.8, 4) is 0 Å². The molecule has 2 aliphatic carbocycles. The third-order valence-corrected chi connectivity index (χ3v) is 6.21. The van der Waals surface area contributed by atoms with Crippen LogP contribution in [-0.2, 0) is 4.79 Å². The van der Waals surface area contributed by atoms with Gasteiger partial charge < -0.3 is 5.11 Å². The molecule has 146 valence electrons. The van der Waals surface area contributed by atoms with Gasteiger partial charge in [-0.15, -0.1) is 0 Å². The van der Waals surface area contributed by atoms with Crippen molar-refractivity contribution in [1.82, 2.24) is 0 Å². The number of aliphatic hydroxyl groups is 1. The van der Waals surface area contributed by atoms with Crippen molar-refractivity contribution < 1.29 is 14.7 Å². The molecule has 0 unspecified atom stereocenters. The van der Waals surface area contributed by atoms with Gasteiger partial charge in [0.25, 0.3) is 0 Å². The van der Waals surface area contributed by atoms with Gasteiger partial charge in [-0.2, -0.15) is 0 Å². The second-order valence-electron chi connectivity index (χ2n) is 8.20. The lowest BCUT2D eigenvalue weighted by Crippen LogP contribution is -2.24. The third-order valence-electron chi connectivity index (χ3n) is 6.21. The Morgan fingerprint density at radius 2 is 1.41 bits per heavy atom. The molecule has 1 N–H and O–H groups in total. The van der Waals surface area contributed by atoms with E-state index in [2.05, 4.69) is 0 Å². The second-order valence-corrected chi connectivity index (χ2v) is 8.20. The number of hydrogen-bond donors (Lipinski definition) is 1. The van der Waals surface area contributed by atoms with Gasteiger partial charge in [0.1, 0.15) is 5.76 Å². The predicted octanol–water partition coefficient (Wildman–Crippen LogP) is 6.42. The topological polar surface area (TPSA) is 54.4 Å². The van der Waals surface area contributed by atoms with Crippen LogP contribution in [-0.4, -0.2) is 16.7 Å². The van der Waals surface area contributed by atoms with Crippen LogP contribution in [0.1, 0.15) is 99.4 Å². The number of carbonyl (C=O) groups excluding carboxylic acids is 2. The Bertz CT molecular complexity index is 695. The highest BCUT2D eigenvalue weighted by Crippen LogP contribution is 2.31. The highest BCUT2D eigenvalue weighted by atomic mass is 16.3. The average Bonchev–Trinajstić information content (AvgIpc) is 2.71. The van der Waals surface area contributed by atoms with Crippen molar-refractivity contribution in [3.63, 3.8) is 0 Å². The van der Waals surface area contributed by atoms with E-state index >= 15 is 0 Å². The van der Waals surface area contributed by atoms with Crippen molar-refractivity contribution in [2.75, 3.05) is 0 Å². The first kappa shape index (κ1) is 19.9. The van der Waals surface area contributed by atoms with E-state index in [0.29, 0.717) is 23.1 Å². The van der Waals surface area contributed by atoms with Gasteiger partial charge in [0, 0.05) is 16.7 Å². The standard InChI is InChI=1S/C24H32O3/c25-22-19-15-10-11-16-20(19)23(26)24(27)21(22)17-9-4-2-1-3-6-12-18-13-7-5-8-14-18/h10-11,15-16,18,25H,1-9,12-14,17H2. The van der Waals surface area contributed by atoms with E-state index in [4.69, 9.17) is 0 Å². The molecule has 27 heavy (non-hydrogen) atoms. The number of carbonyl (C=O) groups is 2. The molecule has 1 aromatic rings. The van der Waals surface area contributed by atoms with Crippen molar-refractivity contribution >= 4 is 17.3 Å². The average molecular weight is 369 g/mol. The van der Waals surface area contributed by atoms with Crippen LogP contribution in [0.3, 0.4) is 0 Å². The first-order valence-electron chi connectivity index (χ1n) is 10.8. The minimum absolute atomic E-state index is 0.00248. The van der Waals surface area contributed by atoms with Gasteiger partial charge >= 0.3 is 0 Å². The summed E-state index contributed by atoms with van der Waals surface area (Å²) in [5, 5.41) is 10.4. The van der Waals surface area contributed by atoms with Crippen LogP contribution >= 0.6 is 0 Å². The number of Topliss-reactive ketones (excluding diaryl/α,β-unsaturated/α-hetero) is 2. The molecule has 1 saturated carbocycles. The third kappa shape index (κ3) is 5.09. The maximum atomic E-state index is 12.3. The van der Waals surface area contributed by atoms with Crippen LogP contribution in [0.25, 0.3) is 5.76 Å². The molecular formula is C24H32O3. The van der Waals surface area contributed by atoms with Crippen molar-refractivity contribution in [2.45, 2.75) is 83.5 Å². The summed E-state index contributed by atoms with van der Waals surface area (Å²) >= 11 is 0. The highest BCUT2D eigenvalue weighted by molar-refractivity contribution is 6.52. The Balaban J connectivity index is 1.36. The van der Waals surface area contributed by atoms with Crippen LogP contribution in [0.4, 0.5) is 0 Å². The molecule has 0 bridgehead atoms. The van der Waals surface area contributed by atoms with E-state index in [0.717, 1.165) is 25.2 Å². The summed E-state index contributed by atoms with van der Waals surface area (Å²) in [5.74, 6) is -0.0335. The number of ketones is 2. The minimum atomic E-state index is -0.529. The zero-order valence-electron chi connectivity index (χ0n) is 16.3. The highest BCUT2D eigenvalue weighted by Gasteiger charge is 2.31. The summed E-state index contributed by atoms with van der Waals surface area (Å²) in [7, 11) is 0. The van der Waals surface area contributed by atoms with E-state index in [1.807, 2.05) is 0 Å². The van der Waals surface area contributed by atoms with Crippen molar-refractivity contribution in [1.29, 1.82) is 0 Å². The molecule has 3 nitrogen and oxygen atoms in total. The van der Waals surface area contributed by atoms with Gasteiger partial charge in [-0.25, -0.2) is 0 Å².